The minimum absolute atomic E-state index is 0.0614. The molecule has 0 saturated heterocycles. The van der Waals surface area contributed by atoms with Crippen LogP contribution in [0.2, 0.25) is 0 Å². The summed E-state index contributed by atoms with van der Waals surface area (Å²) in [6.07, 6.45) is 7.40. The minimum atomic E-state index is -0.221. The van der Waals surface area contributed by atoms with Gasteiger partial charge in [-0.15, -0.1) is 0 Å². The number of carbonyl (C=O) groups excluding carboxylic acids is 1. The van der Waals surface area contributed by atoms with E-state index in [0.29, 0.717) is 12.6 Å². The maximum absolute atomic E-state index is 11.8. The molecule has 0 spiro atoms. The van der Waals surface area contributed by atoms with Gasteiger partial charge in [0.2, 0.25) is 0 Å². The molecule has 2 amide bonds. The number of hydrogen-bond donors (Lipinski definition) is 3. The van der Waals surface area contributed by atoms with Crippen molar-refractivity contribution in [3.63, 3.8) is 0 Å². The van der Waals surface area contributed by atoms with Gasteiger partial charge in [-0.3, -0.25) is 0 Å². The first-order chi connectivity index (χ1) is 8.65. The Labute approximate surface area is 110 Å². The molecule has 0 radical (unpaired) electrons. The quantitative estimate of drug-likeness (QED) is 0.721. The Morgan fingerprint density at radius 1 is 1.17 bits per heavy atom. The van der Waals surface area contributed by atoms with E-state index in [0.717, 1.165) is 38.0 Å². The monoisotopic (exact) mass is 254 g/mol. The molecule has 0 aromatic rings. The summed E-state index contributed by atoms with van der Waals surface area (Å²) in [7, 11) is 0. The third-order valence-corrected chi connectivity index (χ3v) is 4.49. The van der Waals surface area contributed by atoms with Gasteiger partial charge in [0.05, 0.1) is 6.10 Å². The van der Waals surface area contributed by atoms with Crippen LogP contribution < -0.4 is 10.6 Å². The number of carbonyl (C=O) groups is 1. The molecule has 2 rings (SSSR count). The SMILES string of the molecule is CC1CCC(NC(=O)NC[C@H]2CCC[C@@H]2O)CC1. The van der Waals surface area contributed by atoms with E-state index in [1.807, 2.05) is 0 Å². The highest BCUT2D eigenvalue weighted by Gasteiger charge is 2.26. The van der Waals surface area contributed by atoms with Gasteiger partial charge in [-0.2, -0.15) is 0 Å². The molecule has 0 aromatic carbocycles. The first-order valence-corrected chi connectivity index (χ1v) is 7.37. The molecular weight excluding hydrogens is 228 g/mol. The lowest BCUT2D eigenvalue weighted by Crippen LogP contribution is -2.45. The molecule has 2 aliphatic rings. The second-order valence-electron chi connectivity index (χ2n) is 6.07. The van der Waals surface area contributed by atoms with Gasteiger partial charge in [0.15, 0.2) is 0 Å². The molecule has 3 N–H and O–H groups in total. The first-order valence-electron chi connectivity index (χ1n) is 7.37. The molecular formula is C14H26N2O2. The maximum atomic E-state index is 11.8. The number of aliphatic hydroxyl groups excluding tert-OH is 1. The fraction of sp³-hybridized carbons (Fsp3) is 0.929. The van der Waals surface area contributed by atoms with Crippen molar-refractivity contribution in [1.82, 2.24) is 10.6 Å². The van der Waals surface area contributed by atoms with Gasteiger partial charge in [-0.1, -0.05) is 13.3 Å². The van der Waals surface area contributed by atoms with Gasteiger partial charge in [0.1, 0.15) is 0 Å². The van der Waals surface area contributed by atoms with E-state index < -0.39 is 0 Å². The Morgan fingerprint density at radius 3 is 2.50 bits per heavy atom. The predicted molar refractivity (Wildman–Crippen MR) is 71.3 cm³/mol. The number of rotatable bonds is 3. The summed E-state index contributed by atoms with van der Waals surface area (Å²) in [5.74, 6) is 1.06. The normalized spacial score (nSPS) is 36.3. The van der Waals surface area contributed by atoms with E-state index in [9.17, 15) is 9.90 Å². The molecule has 0 unspecified atom stereocenters. The van der Waals surface area contributed by atoms with Crippen molar-refractivity contribution in [2.75, 3.05) is 6.54 Å². The Kier molecular flexibility index (Phi) is 4.87. The Balaban J connectivity index is 1.63. The van der Waals surface area contributed by atoms with Crippen LogP contribution in [-0.4, -0.2) is 29.8 Å². The van der Waals surface area contributed by atoms with Crippen molar-refractivity contribution >= 4 is 6.03 Å². The van der Waals surface area contributed by atoms with Crippen LogP contribution in [0.1, 0.15) is 51.9 Å². The van der Waals surface area contributed by atoms with Crippen LogP contribution in [0, 0.1) is 11.8 Å². The molecule has 2 aliphatic carbocycles. The molecule has 4 nitrogen and oxygen atoms in total. The third-order valence-electron chi connectivity index (χ3n) is 4.49. The molecule has 2 saturated carbocycles. The average Bonchev–Trinajstić information content (AvgIpc) is 2.75. The predicted octanol–water partition coefficient (Wildman–Crippen LogP) is 2.03. The summed E-state index contributed by atoms with van der Waals surface area (Å²) >= 11 is 0. The van der Waals surface area contributed by atoms with Gasteiger partial charge >= 0.3 is 6.03 Å². The van der Waals surface area contributed by atoms with Crippen LogP contribution in [0.15, 0.2) is 0 Å². The molecule has 2 atom stereocenters. The number of urea groups is 1. The Hall–Kier alpha value is -0.770. The standard InChI is InChI=1S/C14H26N2O2/c1-10-5-7-12(8-6-10)16-14(18)15-9-11-3-2-4-13(11)17/h10-13,17H,2-9H2,1H3,(H2,15,16,18)/t10?,11-,12?,13+/m1/s1. The number of hydrogen-bond acceptors (Lipinski definition) is 2. The van der Waals surface area contributed by atoms with Crippen molar-refractivity contribution in [1.29, 1.82) is 0 Å². The topological polar surface area (TPSA) is 61.4 Å². The summed E-state index contributed by atoms with van der Waals surface area (Å²) in [6, 6.07) is 0.281. The molecule has 4 heteroatoms. The molecule has 18 heavy (non-hydrogen) atoms. The van der Waals surface area contributed by atoms with Crippen LogP contribution in [-0.2, 0) is 0 Å². The second-order valence-corrected chi connectivity index (χ2v) is 6.07. The molecule has 0 aliphatic heterocycles. The summed E-state index contributed by atoms with van der Waals surface area (Å²) in [5, 5.41) is 15.6. The van der Waals surface area contributed by atoms with Gasteiger partial charge in [-0.05, 0) is 44.4 Å². The lowest BCUT2D eigenvalue weighted by molar-refractivity contribution is 0.132. The van der Waals surface area contributed by atoms with Crippen LogP contribution in [0.5, 0.6) is 0 Å². The highest BCUT2D eigenvalue weighted by molar-refractivity contribution is 5.74. The van der Waals surface area contributed by atoms with Crippen molar-refractivity contribution in [3.05, 3.63) is 0 Å². The van der Waals surface area contributed by atoms with Gasteiger partial charge in [-0.25, -0.2) is 4.79 Å². The second kappa shape index (κ2) is 6.41. The zero-order valence-corrected chi connectivity index (χ0v) is 11.3. The zero-order chi connectivity index (χ0) is 13.0. The lowest BCUT2D eigenvalue weighted by atomic mass is 9.87. The summed E-state index contributed by atoms with van der Waals surface area (Å²) in [5.41, 5.74) is 0. The average molecular weight is 254 g/mol. The van der Waals surface area contributed by atoms with Gasteiger partial charge in [0, 0.05) is 18.5 Å². The van der Waals surface area contributed by atoms with E-state index in [4.69, 9.17) is 0 Å². The van der Waals surface area contributed by atoms with E-state index in [1.165, 1.54) is 12.8 Å². The summed E-state index contributed by atoms with van der Waals surface area (Å²) < 4.78 is 0. The van der Waals surface area contributed by atoms with E-state index in [2.05, 4.69) is 17.6 Å². The number of amides is 2. The molecule has 0 heterocycles. The summed E-state index contributed by atoms with van der Waals surface area (Å²) in [4.78, 5) is 11.8. The van der Waals surface area contributed by atoms with Crippen LogP contribution in [0.4, 0.5) is 4.79 Å². The fourth-order valence-electron chi connectivity index (χ4n) is 3.12. The van der Waals surface area contributed by atoms with Gasteiger partial charge < -0.3 is 15.7 Å². The Morgan fingerprint density at radius 2 is 1.89 bits per heavy atom. The van der Waals surface area contributed by atoms with Gasteiger partial charge in [0.25, 0.3) is 0 Å². The molecule has 2 fully saturated rings. The van der Waals surface area contributed by atoms with E-state index in [1.54, 1.807) is 0 Å². The largest absolute Gasteiger partial charge is 0.393 e. The highest BCUT2D eigenvalue weighted by Crippen LogP contribution is 2.25. The van der Waals surface area contributed by atoms with Crippen LogP contribution >= 0.6 is 0 Å². The smallest absolute Gasteiger partial charge is 0.315 e. The maximum Gasteiger partial charge on any atom is 0.315 e. The minimum Gasteiger partial charge on any atom is -0.393 e. The fourth-order valence-corrected chi connectivity index (χ4v) is 3.12. The molecule has 104 valence electrons. The number of nitrogens with one attached hydrogen (secondary N) is 2. The Bertz CT molecular complexity index is 275. The molecule has 0 aromatic heterocycles. The van der Waals surface area contributed by atoms with E-state index in [-0.39, 0.29) is 18.1 Å². The lowest BCUT2D eigenvalue weighted by Gasteiger charge is -2.27. The van der Waals surface area contributed by atoms with Crippen molar-refractivity contribution in [2.24, 2.45) is 11.8 Å². The van der Waals surface area contributed by atoms with E-state index >= 15 is 0 Å². The zero-order valence-electron chi connectivity index (χ0n) is 11.3. The van der Waals surface area contributed by atoms with Crippen LogP contribution in [0.25, 0.3) is 0 Å². The highest BCUT2D eigenvalue weighted by atomic mass is 16.3. The summed E-state index contributed by atoms with van der Waals surface area (Å²) in [6.45, 7) is 2.88. The number of aliphatic hydroxyl groups is 1. The van der Waals surface area contributed by atoms with Crippen molar-refractivity contribution in [3.8, 4) is 0 Å². The third kappa shape index (κ3) is 3.87. The molecule has 0 bridgehead atoms. The first kappa shape index (κ1) is 13.7. The van der Waals surface area contributed by atoms with Crippen molar-refractivity contribution < 1.29 is 9.90 Å². The van der Waals surface area contributed by atoms with Crippen molar-refractivity contribution in [2.45, 2.75) is 64.0 Å². The van der Waals surface area contributed by atoms with Crippen LogP contribution in [0.3, 0.4) is 0 Å².